The number of aromatic nitrogens is 2. The average molecular weight is 508 g/mol. The second-order valence-corrected chi connectivity index (χ2v) is 9.10. The van der Waals surface area contributed by atoms with Crippen molar-refractivity contribution in [2.45, 2.75) is 24.9 Å². The Kier molecular flexibility index (Phi) is 6.80. The highest BCUT2D eigenvalue weighted by molar-refractivity contribution is 5.72. The van der Waals surface area contributed by atoms with Gasteiger partial charge in [0.1, 0.15) is 0 Å². The van der Waals surface area contributed by atoms with Gasteiger partial charge in [-0.1, -0.05) is 59.8 Å². The molecule has 37 heavy (non-hydrogen) atoms. The first-order valence-corrected chi connectivity index (χ1v) is 11.9. The third-order valence-corrected chi connectivity index (χ3v) is 6.64. The van der Waals surface area contributed by atoms with Crippen LogP contribution in [-0.4, -0.2) is 45.8 Å². The van der Waals surface area contributed by atoms with Crippen molar-refractivity contribution in [2.75, 3.05) is 19.6 Å². The molecule has 0 saturated carbocycles. The minimum absolute atomic E-state index is 0.0778. The molecule has 1 N–H and O–H groups in total. The fourth-order valence-electron chi connectivity index (χ4n) is 4.70. The van der Waals surface area contributed by atoms with E-state index in [1.165, 1.54) is 6.07 Å². The van der Waals surface area contributed by atoms with Crippen molar-refractivity contribution in [1.82, 2.24) is 15.0 Å². The van der Waals surface area contributed by atoms with Gasteiger partial charge in [-0.2, -0.15) is 18.2 Å². The molecular formula is C28H24F3N3O3. The third-order valence-electron chi connectivity index (χ3n) is 6.64. The quantitative estimate of drug-likeness (QED) is 0.314. The molecule has 1 fully saturated rings. The van der Waals surface area contributed by atoms with Gasteiger partial charge >= 0.3 is 12.1 Å². The molecule has 0 radical (unpaired) electrons. The molecule has 9 heteroatoms. The van der Waals surface area contributed by atoms with Crippen molar-refractivity contribution in [3.05, 3.63) is 83.9 Å². The molecule has 0 aliphatic carbocycles. The van der Waals surface area contributed by atoms with Crippen LogP contribution in [0.2, 0.25) is 0 Å². The number of carboxylic acids is 1. The summed E-state index contributed by atoms with van der Waals surface area (Å²) in [6.07, 6.45) is -3.47. The van der Waals surface area contributed by atoms with Gasteiger partial charge in [0.05, 0.1) is 12.0 Å². The summed E-state index contributed by atoms with van der Waals surface area (Å²) in [5, 5.41) is 12.8. The third kappa shape index (κ3) is 5.56. The maximum Gasteiger partial charge on any atom is 0.417 e. The number of hydrogen-bond donors (Lipinski definition) is 1. The summed E-state index contributed by atoms with van der Waals surface area (Å²) in [4.78, 5) is 17.3. The van der Waals surface area contributed by atoms with E-state index in [-0.39, 0.29) is 29.3 Å². The molecule has 3 aromatic carbocycles. The van der Waals surface area contributed by atoms with E-state index in [1.807, 2.05) is 24.3 Å². The van der Waals surface area contributed by atoms with Crippen LogP contribution in [0.1, 0.15) is 29.9 Å². The summed E-state index contributed by atoms with van der Waals surface area (Å²) in [7, 11) is 0. The molecule has 1 aromatic heterocycles. The highest BCUT2D eigenvalue weighted by Crippen LogP contribution is 2.39. The van der Waals surface area contributed by atoms with Crippen LogP contribution in [0.5, 0.6) is 0 Å². The van der Waals surface area contributed by atoms with E-state index in [0.717, 1.165) is 31.1 Å². The molecule has 0 spiro atoms. The van der Waals surface area contributed by atoms with E-state index in [9.17, 15) is 18.0 Å². The Bertz CT molecular complexity index is 1390. The topological polar surface area (TPSA) is 79.5 Å². The van der Waals surface area contributed by atoms with Crippen molar-refractivity contribution < 1.29 is 27.6 Å². The van der Waals surface area contributed by atoms with Crippen molar-refractivity contribution in [3.63, 3.8) is 0 Å². The largest absolute Gasteiger partial charge is 0.481 e. The monoisotopic (exact) mass is 507 g/mol. The predicted molar refractivity (Wildman–Crippen MR) is 132 cm³/mol. The smallest absolute Gasteiger partial charge is 0.417 e. The van der Waals surface area contributed by atoms with E-state index in [4.69, 9.17) is 9.63 Å². The van der Waals surface area contributed by atoms with Crippen molar-refractivity contribution in [1.29, 1.82) is 0 Å². The molecule has 4 aromatic rings. The van der Waals surface area contributed by atoms with Gasteiger partial charge in [0.25, 0.3) is 5.89 Å². The second-order valence-electron chi connectivity index (χ2n) is 9.10. The Balaban J connectivity index is 1.34. The summed E-state index contributed by atoms with van der Waals surface area (Å²) >= 11 is 0. The molecule has 0 amide bonds. The van der Waals surface area contributed by atoms with Crippen LogP contribution < -0.4 is 0 Å². The second kappa shape index (κ2) is 10.2. The molecular weight excluding hydrogens is 483 g/mol. The zero-order valence-electron chi connectivity index (χ0n) is 19.8. The van der Waals surface area contributed by atoms with Gasteiger partial charge in [0, 0.05) is 24.2 Å². The number of rotatable bonds is 7. The normalized spacial score (nSPS) is 16.2. The zero-order chi connectivity index (χ0) is 26.0. The lowest BCUT2D eigenvalue weighted by molar-refractivity contribution is -0.138. The van der Waals surface area contributed by atoms with Crippen LogP contribution in [0.3, 0.4) is 0 Å². The molecule has 1 aliphatic rings. The minimum Gasteiger partial charge on any atom is -0.481 e. The minimum atomic E-state index is -4.55. The first kappa shape index (κ1) is 24.7. The summed E-state index contributed by atoms with van der Waals surface area (Å²) < 4.78 is 47.0. The van der Waals surface area contributed by atoms with Crippen LogP contribution in [0.15, 0.2) is 77.3 Å². The molecule has 1 aliphatic heterocycles. The highest BCUT2D eigenvalue weighted by atomic mass is 19.4. The number of hydrogen-bond acceptors (Lipinski definition) is 5. The standard InChI is InChI=1S/C28H24F3N3O3/c29-28(30,31)24-16-21(10-11-23(24)19-4-2-1-3-5-19)26-32-27(37-33-26)20-8-6-18(7-9-20)22-12-14-34(17-22)15-13-25(35)36/h1-11,16,22H,12-15,17H2,(H,35,36). The van der Waals surface area contributed by atoms with Gasteiger partial charge in [-0.25, -0.2) is 0 Å². The number of carbonyl (C=O) groups is 1. The molecule has 1 atom stereocenters. The number of alkyl halides is 3. The van der Waals surface area contributed by atoms with E-state index in [2.05, 4.69) is 15.0 Å². The molecule has 5 rings (SSSR count). The number of nitrogens with zero attached hydrogens (tertiary/aromatic N) is 3. The lowest BCUT2D eigenvalue weighted by Crippen LogP contribution is -2.23. The van der Waals surface area contributed by atoms with Crippen LogP contribution >= 0.6 is 0 Å². The predicted octanol–water partition coefficient (Wildman–Crippen LogP) is 6.35. The van der Waals surface area contributed by atoms with Gasteiger partial charge < -0.3 is 14.5 Å². The van der Waals surface area contributed by atoms with E-state index < -0.39 is 17.7 Å². The molecule has 1 saturated heterocycles. The Morgan fingerprint density at radius 2 is 1.73 bits per heavy atom. The summed E-state index contributed by atoms with van der Waals surface area (Å²) in [6, 6.07) is 20.1. The number of carboxylic acid groups (broad SMARTS) is 1. The molecule has 2 heterocycles. The summed E-state index contributed by atoms with van der Waals surface area (Å²) in [5.41, 5.74) is 1.81. The lowest BCUT2D eigenvalue weighted by atomic mass is 9.97. The number of halogens is 3. The van der Waals surface area contributed by atoms with Crippen molar-refractivity contribution in [3.8, 4) is 34.0 Å². The Morgan fingerprint density at radius 3 is 2.43 bits per heavy atom. The number of likely N-dealkylation sites (tertiary alicyclic amines) is 1. The molecule has 1 unspecified atom stereocenters. The summed E-state index contributed by atoms with van der Waals surface area (Å²) in [5.74, 6) is -0.190. The van der Waals surface area contributed by atoms with E-state index >= 15 is 0 Å². The maximum absolute atomic E-state index is 13.9. The first-order chi connectivity index (χ1) is 17.8. The number of aliphatic carboxylic acids is 1. The lowest BCUT2D eigenvalue weighted by Gasteiger charge is -2.15. The Hall–Kier alpha value is -3.98. The van der Waals surface area contributed by atoms with Crippen molar-refractivity contribution >= 4 is 5.97 Å². The molecule has 0 bridgehead atoms. The molecule has 190 valence electrons. The Morgan fingerprint density at radius 1 is 1.00 bits per heavy atom. The number of benzene rings is 3. The highest BCUT2D eigenvalue weighted by Gasteiger charge is 2.34. The van der Waals surface area contributed by atoms with Gasteiger partial charge in [-0.05, 0) is 53.8 Å². The van der Waals surface area contributed by atoms with Gasteiger partial charge in [-0.3, -0.25) is 4.79 Å². The van der Waals surface area contributed by atoms with E-state index in [1.54, 1.807) is 36.4 Å². The fraction of sp³-hybridized carbons (Fsp3) is 0.250. The van der Waals surface area contributed by atoms with Crippen LogP contribution in [0, 0.1) is 0 Å². The fourth-order valence-corrected chi connectivity index (χ4v) is 4.70. The van der Waals surface area contributed by atoms with Gasteiger partial charge in [0.2, 0.25) is 5.82 Å². The Labute approximate surface area is 211 Å². The zero-order valence-corrected chi connectivity index (χ0v) is 19.8. The first-order valence-electron chi connectivity index (χ1n) is 11.9. The maximum atomic E-state index is 13.9. The molecule has 6 nitrogen and oxygen atoms in total. The van der Waals surface area contributed by atoms with Crippen LogP contribution in [-0.2, 0) is 11.0 Å². The van der Waals surface area contributed by atoms with Gasteiger partial charge in [-0.15, -0.1) is 0 Å². The van der Waals surface area contributed by atoms with Crippen LogP contribution in [0.4, 0.5) is 13.2 Å². The van der Waals surface area contributed by atoms with Crippen LogP contribution in [0.25, 0.3) is 34.0 Å². The summed E-state index contributed by atoms with van der Waals surface area (Å²) in [6.45, 7) is 2.20. The average Bonchev–Trinajstić information content (AvgIpc) is 3.58. The van der Waals surface area contributed by atoms with E-state index in [0.29, 0.717) is 23.6 Å². The van der Waals surface area contributed by atoms with Crippen molar-refractivity contribution in [2.24, 2.45) is 0 Å². The van der Waals surface area contributed by atoms with Gasteiger partial charge in [0.15, 0.2) is 0 Å². The SMILES string of the molecule is O=C(O)CCN1CCC(c2ccc(-c3nc(-c4ccc(-c5ccccc5)c(C(F)(F)F)c4)no3)cc2)C1.